The second-order valence-electron chi connectivity index (χ2n) is 6.65. The summed E-state index contributed by atoms with van der Waals surface area (Å²) in [5.74, 6) is 0.183. The highest BCUT2D eigenvalue weighted by Gasteiger charge is 2.32. The monoisotopic (exact) mass is 297 g/mol. The van der Waals surface area contributed by atoms with E-state index in [0.29, 0.717) is 6.42 Å². The number of likely N-dealkylation sites (N-methyl/N-ethyl adjacent to an activating group) is 1. The number of nitrogens with zero attached hydrogens (tertiary/aromatic N) is 1. The van der Waals surface area contributed by atoms with Crippen LogP contribution in [0.2, 0.25) is 0 Å². The molecule has 0 saturated carbocycles. The van der Waals surface area contributed by atoms with Gasteiger partial charge in [-0.2, -0.15) is 0 Å². The maximum absolute atomic E-state index is 11.4. The van der Waals surface area contributed by atoms with Crippen LogP contribution in [0, 0.1) is 0 Å². The van der Waals surface area contributed by atoms with Crippen molar-refractivity contribution >= 4 is 5.91 Å². The Labute approximate surface area is 131 Å². The number of amides is 1. The summed E-state index contributed by atoms with van der Waals surface area (Å²) in [6.45, 7) is 2.26. The van der Waals surface area contributed by atoms with E-state index in [1.807, 2.05) is 7.05 Å². The lowest BCUT2D eigenvalue weighted by atomic mass is 10.0. The Hall–Kier alpha value is -0.570. The van der Waals surface area contributed by atoms with Crippen molar-refractivity contribution in [3.05, 3.63) is 0 Å². The van der Waals surface area contributed by atoms with Gasteiger partial charge in [-0.25, -0.2) is 0 Å². The third kappa shape index (κ3) is 7.30. The molecular formula is C18H35NO2. The molecule has 0 bridgehead atoms. The van der Waals surface area contributed by atoms with E-state index in [1.54, 1.807) is 4.90 Å². The summed E-state index contributed by atoms with van der Waals surface area (Å²) >= 11 is 0. The first-order valence-corrected chi connectivity index (χ1v) is 9.10. The van der Waals surface area contributed by atoms with Crippen molar-refractivity contribution in [3.8, 4) is 0 Å². The van der Waals surface area contributed by atoms with Crippen molar-refractivity contribution in [3.63, 3.8) is 0 Å². The summed E-state index contributed by atoms with van der Waals surface area (Å²) in [6.07, 6.45) is 15.2. The molecule has 0 aromatic heterocycles. The van der Waals surface area contributed by atoms with Gasteiger partial charge in [0.2, 0.25) is 5.91 Å². The molecule has 1 N–H and O–H groups in total. The van der Waals surface area contributed by atoms with Gasteiger partial charge >= 0.3 is 0 Å². The van der Waals surface area contributed by atoms with Crippen LogP contribution < -0.4 is 0 Å². The Morgan fingerprint density at radius 1 is 1.05 bits per heavy atom. The van der Waals surface area contributed by atoms with Gasteiger partial charge in [-0.3, -0.25) is 4.79 Å². The van der Waals surface area contributed by atoms with Crippen molar-refractivity contribution in [2.45, 2.75) is 103 Å². The third-order valence-corrected chi connectivity index (χ3v) is 4.84. The molecule has 2 atom stereocenters. The first kappa shape index (κ1) is 18.5. The van der Waals surface area contributed by atoms with E-state index < -0.39 is 0 Å². The molecule has 0 aliphatic carbocycles. The van der Waals surface area contributed by atoms with Gasteiger partial charge in [-0.05, 0) is 12.8 Å². The summed E-state index contributed by atoms with van der Waals surface area (Å²) in [5.41, 5.74) is 0. The van der Waals surface area contributed by atoms with Crippen LogP contribution in [0.1, 0.15) is 90.4 Å². The number of hydrogen-bond acceptors (Lipinski definition) is 2. The van der Waals surface area contributed by atoms with E-state index in [2.05, 4.69) is 6.92 Å². The minimum Gasteiger partial charge on any atom is -0.391 e. The minimum absolute atomic E-state index is 0.0658. The van der Waals surface area contributed by atoms with E-state index in [4.69, 9.17) is 0 Å². The molecule has 0 spiro atoms. The number of carbonyl (C=O) groups excluding carboxylic acids is 1. The molecule has 21 heavy (non-hydrogen) atoms. The van der Waals surface area contributed by atoms with Crippen LogP contribution in [0.25, 0.3) is 0 Å². The smallest absolute Gasteiger partial charge is 0.222 e. The zero-order valence-corrected chi connectivity index (χ0v) is 14.1. The van der Waals surface area contributed by atoms with Gasteiger partial charge in [-0.1, -0.05) is 71.1 Å². The van der Waals surface area contributed by atoms with Crippen molar-refractivity contribution in [2.24, 2.45) is 0 Å². The lowest BCUT2D eigenvalue weighted by molar-refractivity contribution is -0.129. The van der Waals surface area contributed by atoms with Gasteiger partial charge in [0.05, 0.1) is 12.1 Å². The lowest BCUT2D eigenvalue weighted by Crippen LogP contribution is -2.38. The van der Waals surface area contributed by atoms with E-state index in [9.17, 15) is 9.90 Å². The van der Waals surface area contributed by atoms with Crippen LogP contribution in [0.4, 0.5) is 0 Å². The first-order valence-electron chi connectivity index (χ1n) is 9.10. The van der Waals surface area contributed by atoms with E-state index in [1.165, 1.54) is 57.8 Å². The highest BCUT2D eigenvalue weighted by atomic mass is 16.3. The third-order valence-electron chi connectivity index (χ3n) is 4.84. The van der Waals surface area contributed by atoms with Crippen molar-refractivity contribution in [1.82, 2.24) is 4.90 Å². The molecule has 1 amide bonds. The SMILES string of the molecule is CCCCCCCCCCCC[C@@H](O)[C@H]1CCC(=O)N1C. The molecule has 0 aromatic carbocycles. The normalized spacial score (nSPS) is 20.2. The predicted octanol–water partition coefficient (Wildman–Crippen LogP) is 4.28. The van der Waals surface area contributed by atoms with Gasteiger partial charge in [0.25, 0.3) is 0 Å². The average molecular weight is 297 g/mol. The van der Waals surface area contributed by atoms with Gasteiger partial charge in [0.15, 0.2) is 0 Å². The molecule has 1 fully saturated rings. The quantitative estimate of drug-likeness (QED) is 0.546. The fourth-order valence-corrected chi connectivity index (χ4v) is 3.31. The molecule has 1 aliphatic rings. The van der Waals surface area contributed by atoms with Gasteiger partial charge in [0.1, 0.15) is 0 Å². The summed E-state index contributed by atoms with van der Waals surface area (Å²) in [4.78, 5) is 13.2. The Morgan fingerprint density at radius 3 is 2.05 bits per heavy atom. The number of rotatable bonds is 12. The van der Waals surface area contributed by atoms with E-state index in [-0.39, 0.29) is 18.1 Å². The fraction of sp³-hybridized carbons (Fsp3) is 0.944. The second kappa shape index (κ2) is 11.1. The van der Waals surface area contributed by atoms with Crippen molar-refractivity contribution in [1.29, 1.82) is 0 Å². The van der Waals surface area contributed by atoms with E-state index >= 15 is 0 Å². The van der Waals surface area contributed by atoms with Gasteiger partial charge in [0, 0.05) is 13.5 Å². The maximum Gasteiger partial charge on any atom is 0.222 e. The molecule has 3 nitrogen and oxygen atoms in total. The van der Waals surface area contributed by atoms with Crippen LogP contribution in [-0.2, 0) is 4.79 Å². The first-order chi connectivity index (χ1) is 10.2. The highest BCUT2D eigenvalue weighted by Crippen LogP contribution is 2.22. The fourth-order valence-electron chi connectivity index (χ4n) is 3.31. The molecule has 0 unspecified atom stereocenters. The Kier molecular flexibility index (Phi) is 9.73. The molecule has 1 saturated heterocycles. The standard InChI is InChI=1S/C18H35NO2/c1-3-4-5-6-7-8-9-10-11-12-13-17(20)16-14-15-18(21)19(16)2/h16-17,20H,3-15H2,1-2H3/t16-,17-/m1/s1. The molecule has 1 heterocycles. The molecular weight excluding hydrogens is 262 g/mol. The number of carbonyl (C=O) groups is 1. The van der Waals surface area contributed by atoms with Gasteiger partial charge < -0.3 is 10.0 Å². The van der Waals surface area contributed by atoms with Crippen LogP contribution in [0.5, 0.6) is 0 Å². The van der Waals surface area contributed by atoms with Crippen LogP contribution in [0.15, 0.2) is 0 Å². The predicted molar refractivity (Wildman–Crippen MR) is 88.3 cm³/mol. The average Bonchev–Trinajstić information content (AvgIpc) is 2.81. The zero-order valence-electron chi connectivity index (χ0n) is 14.1. The zero-order chi connectivity index (χ0) is 15.5. The van der Waals surface area contributed by atoms with Gasteiger partial charge in [-0.15, -0.1) is 0 Å². The molecule has 3 heteroatoms. The minimum atomic E-state index is -0.324. The Morgan fingerprint density at radius 2 is 1.57 bits per heavy atom. The van der Waals surface area contributed by atoms with Crippen LogP contribution in [0.3, 0.4) is 0 Å². The summed E-state index contributed by atoms with van der Waals surface area (Å²) in [5, 5.41) is 10.2. The molecule has 0 aromatic rings. The topological polar surface area (TPSA) is 40.5 Å². The summed E-state index contributed by atoms with van der Waals surface area (Å²) < 4.78 is 0. The largest absolute Gasteiger partial charge is 0.391 e. The van der Waals surface area contributed by atoms with Crippen molar-refractivity contribution in [2.75, 3.05) is 7.05 Å². The number of aliphatic hydroxyl groups is 1. The van der Waals surface area contributed by atoms with Crippen LogP contribution >= 0.6 is 0 Å². The number of likely N-dealkylation sites (tertiary alicyclic amines) is 1. The molecule has 0 radical (unpaired) electrons. The van der Waals surface area contributed by atoms with Crippen LogP contribution in [-0.4, -0.2) is 35.1 Å². The van der Waals surface area contributed by atoms with Crippen molar-refractivity contribution < 1.29 is 9.90 Å². The summed E-state index contributed by atoms with van der Waals surface area (Å²) in [6, 6.07) is 0.0658. The molecule has 124 valence electrons. The molecule has 1 aliphatic heterocycles. The molecule has 1 rings (SSSR count). The van der Waals surface area contributed by atoms with E-state index in [0.717, 1.165) is 19.3 Å². The second-order valence-corrected chi connectivity index (χ2v) is 6.65. The lowest BCUT2D eigenvalue weighted by Gasteiger charge is -2.25. The number of hydrogen-bond donors (Lipinski definition) is 1. The number of aliphatic hydroxyl groups excluding tert-OH is 1. The highest BCUT2D eigenvalue weighted by molar-refractivity contribution is 5.78. The Bertz CT molecular complexity index is 280. The number of unbranched alkanes of at least 4 members (excludes halogenated alkanes) is 9. The summed E-state index contributed by atoms with van der Waals surface area (Å²) in [7, 11) is 1.82. The maximum atomic E-state index is 11.4. The Balaban J connectivity index is 1.91.